The number of hydrogen-bond donors (Lipinski definition) is 2. The molecule has 1 aromatic carbocycles. The van der Waals surface area contributed by atoms with Crippen LogP contribution in [0.25, 0.3) is 0 Å². The monoisotopic (exact) mass is 308 g/mol. The number of halogens is 1. The molecular formula is C13H13ClN4O3. The number of imidazole rings is 1. The Kier molecular flexibility index (Phi) is 4.89. The molecule has 0 bridgehead atoms. The van der Waals surface area contributed by atoms with E-state index in [0.717, 1.165) is 5.82 Å². The molecule has 0 aliphatic rings. The molecule has 1 heterocycles. The number of hydrogen-bond acceptors (Lipinski definition) is 4. The largest absolute Gasteiger partial charge is 0.352 e. The number of carbonyl (C=O) groups is 1. The van der Waals surface area contributed by atoms with Crippen LogP contribution in [0.5, 0.6) is 0 Å². The second-order valence-corrected chi connectivity index (χ2v) is 4.75. The number of nitro groups is 1. The molecule has 110 valence electrons. The number of benzene rings is 1. The highest BCUT2D eigenvalue weighted by Crippen LogP contribution is 2.22. The maximum Gasteiger partial charge on any atom is 0.282 e. The molecule has 0 saturated heterocycles. The van der Waals surface area contributed by atoms with Gasteiger partial charge in [0.15, 0.2) is 0 Å². The van der Waals surface area contributed by atoms with E-state index in [1.807, 2.05) is 0 Å². The lowest BCUT2D eigenvalue weighted by atomic mass is 10.1. The summed E-state index contributed by atoms with van der Waals surface area (Å²) in [6.45, 7) is 0.392. The lowest BCUT2D eigenvalue weighted by Gasteiger charge is -2.05. The van der Waals surface area contributed by atoms with E-state index in [0.29, 0.717) is 19.4 Å². The van der Waals surface area contributed by atoms with Crippen molar-refractivity contribution in [3.05, 3.63) is 57.1 Å². The first kappa shape index (κ1) is 15.0. The summed E-state index contributed by atoms with van der Waals surface area (Å²) in [6.07, 6.45) is 4.74. The fourth-order valence-corrected chi connectivity index (χ4v) is 2.01. The molecule has 8 heteroatoms. The number of aromatic nitrogens is 2. The van der Waals surface area contributed by atoms with Crippen LogP contribution in [0.2, 0.25) is 5.02 Å². The third-order valence-corrected chi connectivity index (χ3v) is 3.07. The quantitative estimate of drug-likeness (QED) is 0.486. The smallest absolute Gasteiger partial charge is 0.282 e. The topological polar surface area (TPSA) is 101 Å². The Morgan fingerprint density at radius 3 is 2.95 bits per heavy atom. The molecule has 7 nitrogen and oxygen atoms in total. The molecule has 1 aromatic heterocycles. The molecule has 0 aliphatic heterocycles. The van der Waals surface area contributed by atoms with Crippen LogP contribution in [0.1, 0.15) is 22.6 Å². The third-order valence-electron chi connectivity index (χ3n) is 2.83. The number of H-pyrrole nitrogens is 1. The van der Waals surface area contributed by atoms with Gasteiger partial charge in [0.25, 0.3) is 11.6 Å². The maximum atomic E-state index is 12.0. The summed E-state index contributed by atoms with van der Waals surface area (Å²) in [4.78, 5) is 29.3. The van der Waals surface area contributed by atoms with Crippen molar-refractivity contribution in [3.63, 3.8) is 0 Å². The first-order valence-corrected chi connectivity index (χ1v) is 6.66. The van der Waals surface area contributed by atoms with Gasteiger partial charge in [-0.1, -0.05) is 11.6 Å². The predicted molar refractivity (Wildman–Crippen MR) is 77.3 cm³/mol. The molecule has 0 spiro atoms. The zero-order valence-corrected chi connectivity index (χ0v) is 11.8. The zero-order chi connectivity index (χ0) is 15.2. The van der Waals surface area contributed by atoms with Gasteiger partial charge in [-0.2, -0.15) is 0 Å². The van der Waals surface area contributed by atoms with Gasteiger partial charge in [-0.25, -0.2) is 4.98 Å². The van der Waals surface area contributed by atoms with Gasteiger partial charge in [0.05, 0.1) is 4.92 Å². The number of amides is 1. The van der Waals surface area contributed by atoms with Crippen LogP contribution in [0.4, 0.5) is 5.69 Å². The molecule has 0 aliphatic carbocycles. The number of nitrogens with zero attached hydrogens (tertiary/aromatic N) is 2. The molecule has 2 N–H and O–H groups in total. The fraction of sp³-hybridized carbons (Fsp3) is 0.231. The van der Waals surface area contributed by atoms with E-state index in [9.17, 15) is 14.9 Å². The summed E-state index contributed by atoms with van der Waals surface area (Å²) in [6, 6.07) is 3.90. The van der Waals surface area contributed by atoms with Gasteiger partial charge >= 0.3 is 0 Å². The Morgan fingerprint density at radius 1 is 1.48 bits per heavy atom. The summed E-state index contributed by atoms with van der Waals surface area (Å²) in [7, 11) is 0. The first-order chi connectivity index (χ1) is 10.1. The predicted octanol–water partition coefficient (Wildman–Crippen LogP) is 2.33. The number of aromatic amines is 1. The fourth-order valence-electron chi connectivity index (χ4n) is 1.84. The Hall–Kier alpha value is -2.41. The van der Waals surface area contributed by atoms with E-state index in [1.165, 1.54) is 18.2 Å². The van der Waals surface area contributed by atoms with Crippen LogP contribution < -0.4 is 5.32 Å². The minimum Gasteiger partial charge on any atom is -0.352 e. The van der Waals surface area contributed by atoms with E-state index in [4.69, 9.17) is 11.6 Å². The number of nitro benzene ring substituents is 1. The van der Waals surface area contributed by atoms with Crippen LogP contribution in [0, 0.1) is 10.1 Å². The average Bonchev–Trinajstić information content (AvgIpc) is 2.96. The normalized spacial score (nSPS) is 10.3. The standard InChI is InChI=1S/C13H13ClN4O3/c14-9-3-4-11(18(20)21)10(8-9)13(19)17-5-1-2-12-15-6-7-16-12/h3-4,6-8H,1-2,5H2,(H,15,16)(H,17,19). The van der Waals surface area contributed by atoms with Crippen molar-refractivity contribution in [3.8, 4) is 0 Å². The molecule has 1 amide bonds. The van der Waals surface area contributed by atoms with Crippen LogP contribution in [-0.4, -0.2) is 27.3 Å². The highest BCUT2D eigenvalue weighted by atomic mass is 35.5. The Labute approximate surface area is 125 Å². The van der Waals surface area contributed by atoms with Crippen molar-refractivity contribution >= 4 is 23.2 Å². The number of carbonyl (C=O) groups excluding carboxylic acids is 1. The van der Waals surface area contributed by atoms with Gasteiger partial charge < -0.3 is 10.3 Å². The molecule has 0 unspecified atom stereocenters. The molecule has 0 fully saturated rings. The van der Waals surface area contributed by atoms with E-state index in [1.54, 1.807) is 12.4 Å². The van der Waals surface area contributed by atoms with E-state index in [2.05, 4.69) is 15.3 Å². The van der Waals surface area contributed by atoms with Crippen LogP contribution in [0.15, 0.2) is 30.6 Å². The Bertz CT molecular complexity index is 643. The van der Waals surface area contributed by atoms with Gasteiger partial charge in [-0.3, -0.25) is 14.9 Å². The summed E-state index contributed by atoms with van der Waals surface area (Å²) in [5.41, 5.74) is -0.298. The molecule has 0 atom stereocenters. The minimum absolute atomic E-state index is 0.0366. The molecule has 2 rings (SSSR count). The van der Waals surface area contributed by atoms with Crippen LogP contribution in [-0.2, 0) is 6.42 Å². The highest BCUT2D eigenvalue weighted by molar-refractivity contribution is 6.31. The lowest BCUT2D eigenvalue weighted by molar-refractivity contribution is -0.385. The van der Waals surface area contributed by atoms with Gasteiger partial charge in [0.2, 0.25) is 0 Å². The first-order valence-electron chi connectivity index (χ1n) is 6.28. The van der Waals surface area contributed by atoms with E-state index < -0.39 is 10.8 Å². The third kappa shape index (κ3) is 4.03. The van der Waals surface area contributed by atoms with Crippen molar-refractivity contribution < 1.29 is 9.72 Å². The van der Waals surface area contributed by atoms with Gasteiger partial charge in [0.1, 0.15) is 11.4 Å². The molecule has 0 saturated carbocycles. The molecule has 0 radical (unpaired) electrons. The Balaban J connectivity index is 1.93. The lowest BCUT2D eigenvalue weighted by Crippen LogP contribution is -2.25. The number of rotatable bonds is 6. The Morgan fingerprint density at radius 2 is 2.29 bits per heavy atom. The van der Waals surface area contributed by atoms with Crippen LogP contribution in [0.3, 0.4) is 0 Å². The number of aryl methyl sites for hydroxylation is 1. The highest BCUT2D eigenvalue weighted by Gasteiger charge is 2.20. The zero-order valence-electron chi connectivity index (χ0n) is 11.0. The van der Waals surface area contributed by atoms with Crippen LogP contribution >= 0.6 is 11.6 Å². The number of nitrogens with one attached hydrogen (secondary N) is 2. The SMILES string of the molecule is O=C(NCCCc1ncc[nH]1)c1cc(Cl)ccc1[N+](=O)[O-]. The minimum atomic E-state index is -0.603. The van der Waals surface area contributed by atoms with E-state index in [-0.39, 0.29) is 16.3 Å². The molecule has 2 aromatic rings. The van der Waals surface area contributed by atoms with Crippen molar-refractivity contribution in [2.45, 2.75) is 12.8 Å². The van der Waals surface area contributed by atoms with Gasteiger partial charge in [-0.15, -0.1) is 0 Å². The summed E-state index contributed by atoms with van der Waals surface area (Å²) in [5.74, 6) is 0.321. The maximum absolute atomic E-state index is 12.0. The van der Waals surface area contributed by atoms with Gasteiger partial charge in [-0.05, 0) is 18.6 Å². The van der Waals surface area contributed by atoms with Crippen molar-refractivity contribution in [2.75, 3.05) is 6.54 Å². The summed E-state index contributed by atoms with van der Waals surface area (Å²) in [5, 5.41) is 13.8. The summed E-state index contributed by atoms with van der Waals surface area (Å²) < 4.78 is 0. The molecule has 21 heavy (non-hydrogen) atoms. The van der Waals surface area contributed by atoms with E-state index >= 15 is 0 Å². The molecular weight excluding hydrogens is 296 g/mol. The van der Waals surface area contributed by atoms with Crippen molar-refractivity contribution in [1.82, 2.24) is 15.3 Å². The summed E-state index contributed by atoms with van der Waals surface area (Å²) >= 11 is 5.78. The average molecular weight is 309 g/mol. The second-order valence-electron chi connectivity index (χ2n) is 4.31. The second kappa shape index (κ2) is 6.85. The van der Waals surface area contributed by atoms with Crippen molar-refractivity contribution in [2.24, 2.45) is 0 Å². The van der Waals surface area contributed by atoms with Crippen molar-refractivity contribution in [1.29, 1.82) is 0 Å². The van der Waals surface area contributed by atoms with Gasteiger partial charge in [0, 0.05) is 36.4 Å².